The number of unbranched alkanes of at least 4 members (excludes halogenated alkanes) is 2. The summed E-state index contributed by atoms with van der Waals surface area (Å²) in [5.74, 6) is 2.89. The highest BCUT2D eigenvalue weighted by Crippen LogP contribution is 2.10. The summed E-state index contributed by atoms with van der Waals surface area (Å²) in [5.41, 5.74) is 0. The van der Waals surface area contributed by atoms with E-state index in [1.165, 1.54) is 19.3 Å². The lowest BCUT2D eigenvalue weighted by molar-refractivity contribution is -0.131. The van der Waals surface area contributed by atoms with Crippen LogP contribution in [0.3, 0.4) is 0 Å². The predicted octanol–water partition coefficient (Wildman–Crippen LogP) is 2.17. The number of likely N-dealkylation sites (N-methyl/N-ethyl adjacent to an activating group) is 1. The molecule has 1 saturated heterocycles. The van der Waals surface area contributed by atoms with Crippen molar-refractivity contribution < 1.29 is 4.79 Å². The average Bonchev–Trinajstić information content (AvgIpc) is 2.42. The highest BCUT2D eigenvalue weighted by molar-refractivity contribution is 5.76. The Labute approximate surface area is 111 Å². The van der Waals surface area contributed by atoms with Crippen LogP contribution in [0, 0.1) is 12.3 Å². The van der Waals surface area contributed by atoms with Gasteiger partial charge in [0, 0.05) is 32.0 Å². The Kier molecular flexibility index (Phi) is 7.52. The van der Waals surface area contributed by atoms with E-state index in [1.54, 1.807) is 0 Å². The van der Waals surface area contributed by atoms with E-state index in [4.69, 9.17) is 6.42 Å². The third-order valence-electron chi connectivity index (χ3n) is 3.55. The van der Waals surface area contributed by atoms with E-state index in [1.807, 2.05) is 4.90 Å². The lowest BCUT2D eigenvalue weighted by Crippen LogP contribution is -2.45. The Hall–Kier alpha value is -1.01. The number of carbonyl (C=O) groups is 1. The van der Waals surface area contributed by atoms with Crippen molar-refractivity contribution in [3.8, 4) is 12.3 Å². The molecule has 102 valence electrons. The maximum Gasteiger partial charge on any atom is 0.222 e. The van der Waals surface area contributed by atoms with Gasteiger partial charge in [0.1, 0.15) is 0 Å². The first-order valence-corrected chi connectivity index (χ1v) is 7.22. The second kappa shape index (κ2) is 8.99. The SMILES string of the molecule is C#CCCCCC(=O)N(CC)CC1CCCCN1. The van der Waals surface area contributed by atoms with E-state index < -0.39 is 0 Å². The number of hydrogen-bond acceptors (Lipinski definition) is 2. The molecule has 1 aliphatic rings. The van der Waals surface area contributed by atoms with Crippen molar-refractivity contribution in [2.24, 2.45) is 0 Å². The molecule has 0 radical (unpaired) electrons. The van der Waals surface area contributed by atoms with Crippen LogP contribution in [0.15, 0.2) is 0 Å². The van der Waals surface area contributed by atoms with Gasteiger partial charge in [0.2, 0.25) is 5.91 Å². The van der Waals surface area contributed by atoms with Crippen LogP contribution >= 0.6 is 0 Å². The van der Waals surface area contributed by atoms with E-state index in [0.717, 1.165) is 38.9 Å². The number of amides is 1. The maximum atomic E-state index is 12.1. The van der Waals surface area contributed by atoms with Gasteiger partial charge in [-0.25, -0.2) is 0 Å². The maximum absolute atomic E-state index is 12.1. The number of nitrogens with zero attached hydrogens (tertiary/aromatic N) is 1. The molecule has 0 aliphatic carbocycles. The molecule has 1 unspecified atom stereocenters. The Morgan fingerprint density at radius 1 is 1.44 bits per heavy atom. The smallest absolute Gasteiger partial charge is 0.222 e. The summed E-state index contributed by atoms with van der Waals surface area (Å²) in [6.07, 6.45) is 12.2. The quantitative estimate of drug-likeness (QED) is 0.555. The molecule has 3 heteroatoms. The molecular formula is C15H26N2O. The Morgan fingerprint density at radius 2 is 2.28 bits per heavy atom. The summed E-state index contributed by atoms with van der Waals surface area (Å²) in [5, 5.41) is 3.49. The number of rotatable bonds is 7. The van der Waals surface area contributed by atoms with Crippen molar-refractivity contribution >= 4 is 5.91 Å². The first-order valence-electron chi connectivity index (χ1n) is 7.22. The zero-order chi connectivity index (χ0) is 13.2. The normalized spacial score (nSPS) is 19.2. The standard InChI is InChI=1S/C15H26N2O/c1-3-5-6-7-11-15(18)17(4-2)13-14-10-8-9-12-16-14/h1,14,16H,4-13H2,2H3. The molecule has 1 rings (SSSR count). The highest BCUT2D eigenvalue weighted by atomic mass is 16.2. The van der Waals surface area contributed by atoms with E-state index in [2.05, 4.69) is 18.2 Å². The van der Waals surface area contributed by atoms with Crippen LogP contribution in [-0.2, 0) is 4.79 Å². The molecule has 3 nitrogen and oxygen atoms in total. The summed E-state index contributed by atoms with van der Waals surface area (Å²) >= 11 is 0. The van der Waals surface area contributed by atoms with Crippen molar-refractivity contribution in [1.29, 1.82) is 0 Å². The van der Waals surface area contributed by atoms with Gasteiger partial charge in [-0.1, -0.05) is 6.42 Å². The van der Waals surface area contributed by atoms with Crippen LogP contribution in [0.2, 0.25) is 0 Å². The lowest BCUT2D eigenvalue weighted by Gasteiger charge is -2.30. The lowest BCUT2D eigenvalue weighted by atomic mass is 10.0. The highest BCUT2D eigenvalue weighted by Gasteiger charge is 2.18. The molecule has 1 fully saturated rings. The van der Waals surface area contributed by atoms with Crippen molar-refractivity contribution in [2.75, 3.05) is 19.6 Å². The molecule has 18 heavy (non-hydrogen) atoms. The zero-order valence-corrected chi connectivity index (χ0v) is 11.6. The molecule has 1 amide bonds. The Morgan fingerprint density at radius 3 is 2.89 bits per heavy atom. The van der Waals surface area contributed by atoms with Crippen LogP contribution in [-0.4, -0.2) is 36.5 Å². The van der Waals surface area contributed by atoms with Crippen LogP contribution in [0.4, 0.5) is 0 Å². The summed E-state index contributed by atoms with van der Waals surface area (Å²) in [6, 6.07) is 0.494. The van der Waals surface area contributed by atoms with E-state index in [9.17, 15) is 4.79 Å². The fraction of sp³-hybridized carbons (Fsp3) is 0.800. The van der Waals surface area contributed by atoms with Crippen LogP contribution < -0.4 is 5.32 Å². The molecule has 0 aromatic rings. The van der Waals surface area contributed by atoms with Gasteiger partial charge in [-0.2, -0.15) is 0 Å². The number of nitrogens with one attached hydrogen (secondary N) is 1. The number of carbonyl (C=O) groups excluding carboxylic acids is 1. The van der Waals surface area contributed by atoms with Crippen LogP contribution in [0.1, 0.15) is 51.9 Å². The van der Waals surface area contributed by atoms with Gasteiger partial charge in [0.05, 0.1) is 0 Å². The Balaban J connectivity index is 2.25. The van der Waals surface area contributed by atoms with Gasteiger partial charge < -0.3 is 10.2 Å². The number of terminal acetylenes is 1. The molecule has 0 aromatic heterocycles. The Bertz CT molecular complexity index is 277. The van der Waals surface area contributed by atoms with Crippen molar-refractivity contribution in [3.05, 3.63) is 0 Å². The van der Waals surface area contributed by atoms with Crippen molar-refractivity contribution in [3.63, 3.8) is 0 Å². The van der Waals surface area contributed by atoms with Gasteiger partial charge in [-0.3, -0.25) is 4.79 Å². The minimum Gasteiger partial charge on any atom is -0.341 e. The summed E-state index contributed by atoms with van der Waals surface area (Å²) in [6.45, 7) is 4.83. The van der Waals surface area contributed by atoms with E-state index in [0.29, 0.717) is 12.5 Å². The second-order valence-corrected chi connectivity index (χ2v) is 4.99. The molecule has 1 atom stereocenters. The molecular weight excluding hydrogens is 224 g/mol. The van der Waals surface area contributed by atoms with Gasteiger partial charge in [0.15, 0.2) is 0 Å². The first kappa shape index (κ1) is 15.0. The van der Waals surface area contributed by atoms with Gasteiger partial charge in [-0.15, -0.1) is 12.3 Å². The fourth-order valence-electron chi connectivity index (χ4n) is 2.41. The predicted molar refractivity (Wildman–Crippen MR) is 75.2 cm³/mol. The van der Waals surface area contributed by atoms with Crippen molar-refractivity contribution in [2.45, 2.75) is 57.9 Å². The number of piperidine rings is 1. The first-order chi connectivity index (χ1) is 8.77. The summed E-state index contributed by atoms with van der Waals surface area (Å²) in [7, 11) is 0. The third-order valence-corrected chi connectivity index (χ3v) is 3.55. The van der Waals surface area contributed by atoms with Gasteiger partial charge in [0.25, 0.3) is 0 Å². The summed E-state index contributed by atoms with van der Waals surface area (Å²) in [4.78, 5) is 14.0. The molecule has 1 aliphatic heterocycles. The van der Waals surface area contributed by atoms with E-state index >= 15 is 0 Å². The van der Waals surface area contributed by atoms with Crippen molar-refractivity contribution in [1.82, 2.24) is 10.2 Å². The van der Waals surface area contributed by atoms with Crippen LogP contribution in [0.25, 0.3) is 0 Å². The fourth-order valence-corrected chi connectivity index (χ4v) is 2.41. The molecule has 1 N–H and O–H groups in total. The van der Waals surface area contributed by atoms with Crippen LogP contribution in [0.5, 0.6) is 0 Å². The minimum absolute atomic E-state index is 0.280. The molecule has 0 bridgehead atoms. The largest absolute Gasteiger partial charge is 0.341 e. The van der Waals surface area contributed by atoms with Gasteiger partial charge in [-0.05, 0) is 39.2 Å². The topological polar surface area (TPSA) is 32.3 Å². The monoisotopic (exact) mass is 250 g/mol. The minimum atomic E-state index is 0.280. The third kappa shape index (κ3) is 5.55. The molecule has 0 spiro atoms. The molecule has 0 aromatic carbocycles. The van der Waals surface area contributed by atoms with Gasteiger partial charge >= 0.3 is 0 Å². The summed E-state index contributed by atoms with van der Waals surface area (Å²) < 4.78 is 0. The molecule has 1 heterocycles. The molecule has 0 saturated carbocycles. The second-order valence-electron chi connectivity index (χ2n) is 4.99. The zero-order valence-electron chi connectivity index (χ0n) is 11.6. The number of hydrogen-bond donors (Lipinski definition) is 1. The average molecular weight is 250 g/mol. The van der Waals surface area contributed by atoms with E-state index in [-0.39, 0.29) is 5.91 Å².